The van der Waals surface area contributed by atoms with Gasteiger partial charge in [0, 0.05) is 29.6 Å². The number of fused-ring (bicyclic) bond motifs is 1. The second kappa shape index (κ2) is 12.9. The van der Waals surface area contributed by atoms with Gasteiger partial charge in [0.1, 0.15) is 6.54 Å². The molecule has 0 spiro atoms. The molecule has 0 bridgehead atoms. The highest BCUT2D eigenvalue weighted by Gasteiger charge is 2.47. The predicted octanol–water partition coefficient (Wildman–Crippen LogP) is 4.56. The Balaban J connectivity index is 1.31. The molecule has 2 unspecified atom stereocenters. The summed E-state index contributed by atoms with van der Waals surface area (Å²) in [5.41, 5.74) is 1.88. The summed E-state index contributed by atoms with van der Waals surface area (Å²) in [6.07, 6.45) is 5.75. The minimum atomic E-state index is -0.397. The normalized spacial score (nSPS) is 19.5. The fourth-order valence-electron chi connectivity index (χ4n) is 5.18. The Hall–Kier alpha value is -3.20. The van der Waals surface area contributed by atoms with Gasteiger partial charge >= 0.3 is 6.03 Å². The highest BCUT2D eigenvalue weighted by molar-refractivity contribution is 7.09. The van der Waals surface area contributed by atoms with Gasteiger partial charge < -0.3 is 15.5 Å². The van der Waals surface area contributed by atoms with Gasteiger partial charge in [-0.1, -0.05) is 38.0 Å². The van der Waals surface area contributed by atoms with Crippen LogP contribution in [-0.4, -0.2) is 52.7 Å². The van der Waals surface area contributed by atoms with Crippen LogP contribution in [0, 0.1) is 5.92 Å². The van der Waals surface area contributed by atoms with Gasteiger partial charge in [0.05, 0.1) is 12.5 Å². The van der Waals surface area contributed by atoms with Crippen LogP contribution in [0.2, 0.25) is 0 Å². The summed E-state index contributed by atoms with van der Waals surface area (Å²) in [4.78, 5) is 55.6. The standard InChI is InChI=1S/C28H36N4O4S/c1-2-20-12-14-21(15-13-20)30-26(34)19-32-24-10-4-3-9-23(24)27(35)31(28(32)36)16-6-5-11-25(33)29-18-22-8-7-17-37-22/h7-8,12-15,17,23-24H,2-6,9-11,16,18-19H2,1H3,(H,29,33)(H,30,34). The van der Waals surface area contributed by atoms with Crippen molar-refractivity contribution in [3.8, 4) is 0 Å². The maximum atomic E-state index is 13.4. The van der Waals surface area contributed by atoms with Crippen LogP contribution < -0.4 is 10.6 Å². The molecule has 2 N–H and O–H groups in total. The fourth-order valence-corrected chi connectivity index (χ4v) is 5.82. The number of hydrogen-bond acceptors (Lipinski definition) is 5. The number of imide groups is 1. The lowest BCUT2D eigenvalue weighted by Gasteiger charge is -2.46. The number of aryl methyl sites for hydroxylation is 1. The van der Waals surface area contributed by atoms with Crippen LogP contribution in [0.4, 0.5) is 10.5 Å². The monoisotopic (exact) mass is 524 g/mol. The first-order valence-electron chi connectivity index (χ1n) is 13.3. The van der Waals surface area contributed by atoms with Crippen LogP contribution in [0.5, 0.6) is 0 Å². The maximum Gasteiger partial charge on any atom is 0.327 e. The van der Waals surface area contributed by atoms with Gasteiger partial charge in [-0.2, -0.15) is 0 Å². The van der Waals surface area contributed by atoms with E-state index in [0.717, 1.165) is 37.0 Å². The summed E-state index contributed by atoms with van der Waals surface area (Å²) >= 11 is 1.60. The lowest BCUT2D eigenvalue weighted by molar-refractivity contribution is -0.141. The summed E-state index contributed by atoms with van der Waals surface area (Å²) in [6.45, 7) is 2.77. The van der Waals surface area contributed by atoms with E-state index in [9.17, 15) is 19.2 Å². The third kappa shape index (κ3) is 6.97. The molecule has 4 rings (SSSR count). The smallest absolute Gasteiger partial charge is 0.327 e. The van der Waals surface area contributed by atoms with E-state index in [2.05, 4.69) is 17.6 Å². The number of anilines is 1. The summed E-state index contributed by atoms with van der Waals surface area (Å²) < 4.78 is 0. The molecule has 1 aromatic heterocycles. The van der Waals surface area contributed by atoms with E-state index in [0.29, 0.717) is 31.5 Å². The number of carbonyl (C=O) groups excluding carboxylic acids is 4. The zero-order valence-corrected chi connectivity index (χ0v) is 22.2. The van der Waals surface area contributed by atoms with Crippen molar-refractivity contribution < 1.29 is 19.2 Å². The topological polar surface area (TPSA) is 98.8 Å². The number of hydrogen-bond donors (Lipinski definition) is 2. The van der Waals surface area contributed by atoms with Crippen molar-refractivity contribution in [1.29, 1.82) is 0 Å². The van der Waals surface area contributed by atoms with Crippen molar-refractivity contribution in [1.82, 2.24) is 15.1 Å². The molecule has 9 heteroatoms. The second-order valence-electron chi connectivity index (χ2n) is 9.77. The molecule has 2 aromatic rings. The highest BCUT2D eigenvalue weighted by atomic mass is 32.1. The van der Waals surface area contributed by atoms with Crippen molar-refractivity contribution in [2.24, 2.45) is 5.92 Å². The molecule has 2 fully saturated rings. The molecular formula is C28H36N4O4S. The molecule has 1 aromatic carbocycles. The van der Waals surface area contributed by atoms with Gasteiger partial charge in [0.25, 0.3) is 0 Å². The highest BCUT2D eigenvalue weighted by Crippen LogP contribution is 2.34. The van der Waals surface area contributed by atoms with Crippen LogP contribution in [0.15, 0.2) is 41.8 Å². The minimum Gasteiger partial charge on any atom is -0.351 e. The number of carbonyl (C=O) groups is 4. The summed E-state index contributed by atoms with van der Waals surface area (Å²) in [6, 6.07) is 11.0. The van der Waals surface area contributed by atoms with Gasteiger partial charge in [0.2, 0.25) is 17.7 Å². The van der Waals surface area contributed by atoms with E-state index in [1.807, 2.05) is 41.8 Å². The lowest BCUT2D eigenvalue weighted by Crippen LogP contribution is -2.63. The number of urea groups is 1. The van der Waals surface area contributed by atoms with Crippen molar-refractivity contribution in [2.45, 2.75) is 70.9 Å². The Kier molecular flexibility index (Phi) is 9.33. The van der Waals surface area contributed by atoms with Crippen LogP contribution in [0.25, 0.3) is 0 Å². The summed E-state index contributed by atoms with van der Waals surface area (Å²) in [7, 11) is 0. The molecule has 2 heterocycles. The number of amides is 5. The number of unbranched alkanes of at least 4 members (excludes halogenated alkanes) is 1. The van der Waals surface area contributed by atoms with E-state index >= 15 is 0 Å². The Morgan fingerprint density at radius 2 is 1.81 bits per heavy atom. The predicted molar refractivity (Wildman–Crippen MR) is 144 cm³/mol. The van der Waals surface area contributed by atoms with E-state index < -0.39 is 6.03 Å². The molecule has 0 radical (unpaired) electrons. The fraction of sp³-hybridized carbons (Fsp3) is 0.500. The van der Waals surface area contributed by atoms with Crippen molar-refractivity contribution >= 4 is 40.8 Å². The Labute approximate surface area is 222 Å². The van der Waals surface area contributed by atoms with Crippen molar-refractivity contribution in [3.05, 3.63) is 52.2 Å². The number of thiophene rings is 1. The van der Waals surface area contributed by atoms with Crippen LogP contribution in [-0.2, 0) is 27.3 Å². The van der Waals surface area contributed by atoms with E-state index in [1.54, 1.807) is 16.2 Å². The van der Waals surface area contributed by atoms with Crippen LogP contribution in [0.1, 0.15) is 62.3 Å². The van der Waals surface area contributed by atoms with E-state index in [1.165, 1.54) is 10.5 Å². The SMILES string of the molecule is CCc1ccc(NC(=O)CN2C(=O)N(CCCCC(=O)NCc3cccs3)C(=O)C3CCCCC32)cc1. The number of nitrogens with zero attached hydrogens (tertiary/aromatic N) is 2. The van der Waals surface area contributed by atoms with Gasteiger partial charge in [-0.05, 0) is 61.2 Å². The maximum absolute atomic E-state index is 13.4. The Bertz CT molecular complexity index is 1090. The minimum absolute atomic E-state index is 0.0395. The zero-order chi connectivity index (χ0) is 26.2. The summed E-state index contributed by atoms with van der Waals surface area (Å²) in [5, 5.41) is 7.77. The lowest BCUT2D eigenvalue weighted by atomic mass is 9.81. The molecule has 1 saturated carbocycles. The molecule has 1 aliphatic carbocycles. The third-order valence-corrected chi connectivity index (χ3v) is 8.10. The Morgan fingerprint density at radius 1 is 1.03 bits per heavy atom. The first-order valence-corrected chi connectivity index (χ1v) is 14.1. The molecule has 198 valence electrons. The molecule has 5 amide bonds. The molecule has 37 heavy (non-hydrogen) atoms. The third-order valence-electron chi connectivity index (χ3n) is 7.22. The molecule has 1 aliphatic heterocycles. The number of benzene rings is 1. The zero-order valence-electron chi connectivity index (χ0n) is 21.4. The molecule has 2 atom stereocenters. The Morgan fingerprint density at radius 3 is 2.54 bits per heavy atom. The molecule has 1 saturated heterocycles. The first-order chi connectivity index (χ1) is 18.0. The first kappa shape index (κ1) is 26.9. The van der Waals surface area contributed by atoms with E-state index in [-0.39, 0.29) is 42.8 Å². The van der Waals surface area contributed by atoms with Crippen LogP contribution in [0.3, 0.4) is 0 Å². The summed E-state index contributed by atoms with van der Waals surface area (Å²) in [5.74, 6) is -0.707. The van der Waals surface area contributed by atoms with Crippen LogP contribution >= 0.6 is 11.3 Å². The number of rotatable bonds is 11. The van der Waals surface area contributed by atoms with Crippen molar-refractivity contribution in [2.75, 3.05) is 18.4 Å². The quantitative estimate of drug-likeness (QED) is 0.421. The number of nitrogens with one attached hydrogen (secondary N) is 2. The average Bonchev–Trinajstić information content (AvgIpc) is 3.44. The average molecular weight is 525 g/mol. The second-order valence-corrected chi connectivity index (χ2v) is 10.8. The van der Waals surface area contributed by atoms with Crippen molar-refractivity contribution in [3.63, 3.8) is 0 Å². The van der Waals surface area contributed by atoms with Gasteiger partial charge in [-0.15, -0.1) is 11.3 Å². The van der Waals surface area contributed by atoms with Gasteiger partial charge in [0.15, 0.2) is 0 Å². The van der Waals surface area contributed by atoms with Gasteiger partial charge in [-0.3, -0.25) is 19.3 Å². The molecule has 8 nitrogen and oxygen atoms in total. The molecule has 2 aliphatic rings. The largest absolute Gasteiger partial charge is 0.351 e. The van der Waals surface area contributed by atoms with Gasteiger partial charge in [-0.25, -0.2) is 4.79 Å². The molecular weight excluding hydrogens is 488 g/mol. The van der Waals surface area contributed by atoms with E-state index in [4.69, 9.17) is 0 Å².